The summed E-state index contributed by atoms with van der Waals surface area (Å²) in [6, 6.07) is 7.58. The van der Waals surface area contributed by atoms with Crippen molar-refractivity contribution in [3.8, 4) is 0 Å². The first-order chi connectivity index (χ1) is 12.5. The molecule has 1 aromatic rings. The summed E-state index contributed by atoms with van der Waals surface area (Å²) in [6.07, 6.45) is 5.63. The van der Waals surface area contributed by atoms with Crippen molar-refractivity contribution < 1.29 is 14.4 Å². The predicted molar refractivity (Wildman–Crippen MR) is 95.8 cm³/mol. The molecule has 0 spiro atoms. The second kappa shape index (κ2) is 5.53. The van der Waals surface area contributed by atoms with E-state index in [4.69, 9.17) is 0 Å². The molecule has 2 saturated carbocycles. The number of rotatable bonds is 4. The van der Waals surface area contributed by atoms with Crippen LogP contribution in [0.2, 0.25) is 0 Å². The minimum absolute atomic E-state index is 0.0620. The number of hydrogen-bond donors (Lipinski definition) is 1. The fourth-order valence-corrected chi connectivity index (χ4v) is 5.40. The Balaban J connectivity index is 1.25. The van der Waals surface area contributed by atoms with Crippen molar-refractivity contribution in [2.75, 3.05) is 11.9 Å². The van der Waals surface area contributed by atoms with E-state index in [-0.39, 0.29) is 54.4 Å². The van der Waals surface area contributed by atoms with Crippen LogP contribution in [0, 0.1) is 42.4 Å². The summed E-state index contributed by atoms with van der Waals surface area (Å²) in [4.78, 5) is 39.3. The molecule has 26 heavy (non-hydrogen) atoms. The number of amides is 3. The highest BCUT2D eigenvalue weighted by Crippen LogP contribution is 2.65. The van der Waals surface area contributed by atoms with Crippen molar-refractivity contribution in [1.82, 2.24) is 4.90 Å². The van der Waals surface area contributed by atoms with Crippen molar-refractivity contribution in [2.24, 2.45) is 35.5 Å². The lowest BCUT2D eigenvalue weighted by Gasteiger charge is -2.37. The van der Waals surface area contributed by atoms with Crippen LogP contribution in [-0.2, 0) is 14.4 Å². The second-order valence-corrected chi connectivity index (χ2v) is 8.15. The number of likely N-dealkylation sites (tertiary alicyclic amines) is 1. The number of nitrogens with one attached hydrogen (secondary N) is 1. The van der Waals surface area contributed by atoms with Crippen molar-refractivity contribution in [3.05, 3.63) is 42.0 Å². The number of carbonyl (C=O) groups excluding carboxylic acids is 3. The van der Waals surface area contributed by atoms with Gasteiger partial charge in [-0.3, -0.25) is 19.3 Å². The van der Waals surface area contributed by atoms with Gasteiger partial charge in [-0.05, 0) is 54.7 Å². The summed E-state index contributed by atoms with van der Waals surface area (Å²) < 4.78 is 0. The third-order valence-electron chi connectivity index (χ3n) is 6.62. The van der Waals surface area contributed by atoms with Crippen LogP contribution < -0.4 is 5.32 Å². The monoisotopic (exact) mass is 350 g/mol. The molecule has 6 unspecified atom stereocenters. The zero-order valence-corrected chi connectivity index (χ0v) is 14.7. The van der Waals surface area contributed by atoms with Gasteiger partial charge in [-0.2, -0.15) is 0 Å². The first-order valence-corrected chi connectivity index (χ1v) is 9.44. The molecule has 0 radical (unpaired) electrons. The van der Waals surface area contributed by atoms with E-state index in [2.05, 4.69) is 17.5 Å². The Hall–Kier alpha value is -2.43. The average Bonchev–Trinajstić information content (AvgIpc) is 3.39. The molecule has 1 saturated heterocycles. The number of anilines is 1. The molecular weight excluding hydrogens is 328 g/mol. The summed E-state index contributed by atoms with van der Waals surface area (Å²) in [7, 11) is 0. The first-order valence-electron chi connectivity index (χ1n) is 9.44. The first kappa shape index (κ1) is 15.8. The van der Waals surface area contributed by atoms with Crippen LogP contribution in [0.15, 0.2) is 36.4 Å². The molecular formula is C21H22N2O3. The lowest BCUT2D eigenvalue weighted by atomic mass is 9.63. The Kier molecular flexibility index (Phi) is 3.36. The quantitative estimate of drug-likeness (QED) is 0.670. The predicted octanol–water partition coefficient (Wildman–Crippen LogP) is 2.38. The minimum atomic E-state index is -0.180. The molecule has 1 aliphatic heterocycles. The van der Waals surface area contributed by atoms with Crippen LogP contribution in [0.25, 0.3) is 0 Å². The van der Waals surface area contributed by atoms with Gasteiger partial charge in [0.15, 0.2) is 0 Å². The Morgan fingerprint density at radius 1 is 1.12 bits per heavy atom. The average molecular weight is 350 g/mol. The van der Waals surface area contributed by atoms with Gasteiger partial charge >= 0.3 is 0 Å². The Bertz CT molecular complexity index is 809. The molecule has 4 aliphatic carbocycles. The van der Waals surface area contributed by atoms with Crippen LogP contribution >= 0.6 is 0 Å². The van der Waals surface area contributed by atoms with Gasteiger partial charge in [-0.15, -0.1) is 0 Å². The molecule has 1 heterocycles. The van der Waals surface area contributed by atoms with E-state index in [1.165, 1.54) is 4.90 Å². The zero-order chi connectivity index (χ0) is 18.0. The second-order valence-electron chi connectivity index (χ2n) is 8.15. The van der Waals surface area contributed by atoms with Crippen molar-refractivity contribution >= 4 is 23.4 Å². The molecule has 5 nitrogen and oxygen atoms in total. The van der Waals surface area contributed by atoms with Gasteiger partial charge in [0, 0.05) is 18.7 Å². The molecule has 5 heteroatoms. The van der Waals surface area contributed by atoms with E-state index in [9.17, 15) is 14.4 Å². The van der Waals surface area contributed by atoms with Crippen molar-refractivity contribution in [3.63, 3.8) is 0 Å². The van der Waals surface area contributed by atoms with Gasteiger partial charge in [0.25, 0.3) is 0 Å². The van der Waals surface area contributed by atoms with Crippen molar-refractivity contribution in [2.45, 2.75) is 19.8 Å². The maximum absolute atomic E-state index is 12.9. The number of hydrogen-bond acceptors (Lipinski definition) is 3. The summed E-state index contributed by atoms with van der Waals surface area (Å²) in [6.45, 7) is 2.14. The van der Waals surface area contributed by atoms with Crippen LogP contribution in [0.3, 0.4) is 0 Å². The van der Waals surface area contributed by atoms with Gasteiger partial charge in [-0.1, -0.05) is 24.3 Å². The van der Waals surface area contributed by atoms with E-state index in [1.807, 2.05) is 31.2 Å². The fraction of sp³-hybridized carbons (Fsp3) is 0.476. The summed E-state index contributed by atoms with van der Waals surface area (Å²) in [5, 5.41) is 2.84. The van der Waals surface area contributed by atoms with E-state index in [0.717, 1.165) is 17.7 Å². The van der Waals surface area contributed by atoms with Crippen molar-refractivity contribution in [1.29, 1.82) is 0 Å². The third-order valence-corrected chi connectivity index (χ3v) is 6.62. The SMILES string of the molecule is Cc1cccc(NC(=O)CCN2C(=O)C3C4C=CC(C5CC45)C3C2=O)c1. The van der Waals surface area contributed by atoms with Gasteiger partial charge in [0.05, 0.1) is 11.8 Å². The maximum atomic E-state index is 12.9. The standard InChI is InChI=1S/C21H22N2O3/c1-11-3-2-4-12(9-11)22-17(24)7-8-23-20(25)18-13-5-6-14(16-10-15(13)16)19(18)21(23)26/h2-6,9,13-16,18-19H,7-8,10H2,1H3,(H,22,24). The Morgan fingerprint density at radius 3 is 2.38 bits per heavy atom. The number of nitrogens with zero attached hydrogens (tertiary/aromatic N) is 1. The molecule has 1 N–H and O–H groups in total. The van der Waals surface area contributed by atoms with Crippen LogP contribution in [0.1, 0.15) is 18.4 Å². The van der Waals surface area contributed by atoms with Gasteiger partial charge < -0.3 is 5.32 Å². The van der Waals surface area contributed by atoms with E-state index in [0.29, 0.717) is 11.8 Å². The topological polar surface area (TPSA) is 66.5 Å². The van der Waals surface area contributed by atoms with Crippen LogP contribution in [0.4, 0.5) is 5.69 Å². The van der Waals surface area contributed by atoms with Gasteiger partial charge in [0.2, 0.25) is 17.7 Å². The lowest BCUT2D eigenvalue weighted by Crippen LogP contribution is -2.40. The van der Waals surface area contributed by atoms with Crippen LogP contribution in [0.5, 0.6) is 0 Å². The molecule has 6 atom stereocenters. The molecule has 3 fully saturated rings. The number of aryl methyl sites for hydroxylation is 1. The van der Waals surface area contributed by atoms with Crippen LogP contribution in [-0.4, -0.2) is 29.2 Å². The molecule has 2 bridgehead atoms. The maximum Gasteiger partial charge on any atom is 0.233 e. The highest BCUT2D eigenvalue weighted by Gasteiger charge is 2.66. The summed E-state index contributed by atoms with van der Waals surface area (Å²) in [5.74, 6) is 1.02. The molecule has 5 aliphatic rings. The highest BCUT2D eigenvalue weighted by molar-refractivity contribution is 6.06. The summed E-state index contributed by atoms with van der Waals surface area (Å²) >= 11 is 0. The number of benzene rings is 1. The van der Waals surface area contributed by atoms with E-state index < -0.39 is 0 Å². The number of imide groups is 1. The molecule has 0 aromatic heterocycles. The molecule has 3 amide bonds. The zero-order valence-electron chi connectivity index (χ0n) is 14.7. The summed E-state index contributed by atoms with van der Waals surface area (Å²) in [5.41, 5.74) is 1.81. The lowest BCUT2D eigenvalue weighted by molar-refractivity contribution is -0.140. The minimum Gasteiger partial charge on any atom is -0.326 e. The number of carbonyl (C=O) groups is 3. The Morgan fingerprint density at radius 2 is 1.77 bits per heavy atom. The third kappa shape index (κ3) is 2.26. The van der Waals surface area contributed by atoms with Gasteiger partial charge in [0.1, 0.15) is 0 Å². The Labute approximate surface area is 152 Å². The molecule has 134 valence electrons. The fourth-order valence-electron chi connectivity index (χ4n) is 5.40. The molecule has 6 rings (SSSR count). The molecule has 1 aromatic carbocycles. The smallest absolute Gasteiger partial charge is 0.233 e. The van der Waals surface area contributed by atoms with Gasteiger partial charge in [-0.25, -0.2) is 0 Å². The van der Waals surface area contributed by atoms with E-state index in [1.54, 1.807) is 0 Å². The number of allylic oxidation sites excluding steroid dienone is 2. The normalized spacial score (nSPS) is 36.1. The largest absolute Gasteiger partial charge is 0.326 e. The van der Waals surface area contributed by atoms with E-state index >= 15 is 0 Å². The highest BCUT2D eigenvalue weighted by atomic mass is 16.2.